The van der Waals surface area contributed by atoms with Gasteiger partial charge in [0, 0.05) is 19.2 Å². The zero-order valence-corrected chi connectivity index (χ0v) is 12.0. The molecule has 5 nitrogen and oxygen atoms in total. The Balaban J connectivity index is 2.01. The average molecular weight is 289 g/mol. The maximum Gasteiger partial charge on any atom is 0.306 e. The van der Waals surface area contributed by atoms with Crippen LogP contribution in [0.25, 0.3) is 5.57 Å². The molecule has 1 fully saturated rings. The molecular formula is C16H19NO4. The summed E-state index contributed by atoms with van der Waals surface area (Å²) in [6.07, 6.45) is 1.09. The highest BCUT2D eigenvalue weighted by atomic mass is 16.5. The zero-order chi connectivity index (χ0) is 15.2. The van der Waals surface area contributed by atoms with E-state index in [0.717, 1.165) is 11.1 Å². The van der Waals surface area contributed by atoms with Crippen molar-refractivity contribution in [2.24, 2.45) is 0 Å². The van der Waals surface area contributed by atoms with Gasteiger partial charge in [-0.05, 0) is 18.1 Å². The van der Waals surface area contributed by atoms with E-state index in [1.165, 1.54) is 0 Å². The van der Waals surface area contributed by atoms with Gasteiger partial charge in [-0.2, -0.15) is 0 Å². The Morgan fingerprint density at radius 3 is 2.76 bits per heavy atom. The van der Waals surface area contributed by atoms with Gasteiger partial charge in [0.05, 0.1) is 19.1 Å². The number of carbonyl (C=O) groups excluding carboxylic acids is 1. The fourth-order valence-electron chi connectivity index (χ4n) is 2.30. The second kappa shape index (κ2) is 7.04. The van der Waals surface area contributed by atoms with Gasteiger partial charge >= 0.3 is 5.97 Å². The Bertz CT molecular complexity index is 538. The summed E-state index contributed by atoms with van der Waals surface area (Å²) in [5.74, 6) is -1.01. The van der Waals surface area contributed by atoms with Gasteiger partial charge < -0.3 is 14.7 Å². The summed E-state index contributed by atoms with van der Waals surface area (Å²) in [6, 6.07) is 9.68. The normalized spacial score (nSPS) is 19.4. The lowest BCUT2D eigenvalue weighted by Crippen LogP contribution is -2.45. The van der Waals surface area contributed by atoms with E-state index in [9.17, 15) is 9.59 Å². The van der Waals surface area contributed by atoms with Crippen LogP contribution in [0.4, 0.5) is 0 Å². The number of nitrogens with zero attached hydrogens (tertiary/aromatic N) is 1. The molecule has 1 atom stereocenters. The van der Waals surface area contributed by atoms with Crippen molar-refractivity contribution in [1.82, 2.24) is 4.90 Å². The SMILES string of the molecule is C/C(=C\C(=O)N1CCOC(CC(=O)O)C1)c1ccccc1. The Labute approximate surface area is 123 Å². The Kier molecular flexibility index (Phi) is 5.11. The first-order valence-electron chi connectivity index (χ1n) is 6.92. The Hall–Kier alpha value is -2.14. The zero-order valence-electron chi connectivity index (χ0n) is 12.0. The van der Waals surface area contributed by atoms with Gasteiger partial charge in [0.1, 0.15) is 0 Å². The molecule has 0 bridgehead atoms. The summed E-state index contributed by atoms with van der Waals surface area (Å²) < 4.78 is 5.36. The molecule has 0 aliphatic carbocycles. The second-order valence-corrected chi connectivity index (χ2v) is 5.07. The van der Waals surface area contributed by atoms with Gasteiger partial charge in [-0.15, -0.1) is 0 Å². The van der Waals surface area contributed by atoms with Crippen molar-refractivity contribution in [3.05, 3.63) is 42.0 Å². The number of aliphatic carboxylic acids is 1. The standard InChI is InChI=1S/C16H19NO4/c1-12(13-5-3-2-4-6-13)9-15(18)17-7-8-21-14(11-17)10-16(19)20/h2-6,9,14H,7-8,10-11H2,1H3,(H,19,20)/b12-9+. The van der Waals surface area contributed by atoms with Gasteiger partial charge in [-0.1, -0.05) is 30.3 Å². The number of benzene rings is 1. The fourth-order valence-corrected chi connectivity index (χ4v) is 2.30. The van der Waals surface area contributed by atoms with Gasteiger partial charge in [-0.3, -0.25) is 9.59 Å². The van der Waals surface area contributed by atoms with Crippen molar-refractivity contribution in [3.8, 4) is 0 Å². The lowest BCUT2D eigenvalue weighted by molar-refractivity contribution is -0.145. The first-order valence-corrected chi connectivity index (χ1v) is 6.92. The molecule has 1 aromatic rings. The molecule has 0 spiro atoms. The molecule has 2 rings (SSSR count). The number of amides is 1. The van der Waals surface area contributed by atoms with E-state index in [4.69, 9.17) is 9.84 Å². The predicted molar refractivity (Wildman–Crippen MR) is 78.7 cm³/mol. The topological polar surface area (TPSA) is 66.8 Å². The maximum absolute atomic E-state index is 12.3. The van der Waals surface area contributed by atoms with Crippen LogP contribution in [0.15, 0.2) is 36.4 Å². The Morgan fingerprint density at radius 2 is 2.10 bits per heavy atom. The molecule has 1 aromatic carbocycles. The van der Waals surface area contributed by atoms with Crippen molar-refractivity contribution in [1.29, 1.82) is 0 Å². The number of carbonyl (C=O) groups is 2. The molecule has 1 aliphatic rings. The quantitative estimate of drug-likeness (QED) is 0.858. The highest BCUT2D eigenvalue weighted by Crippen LogP contribution is 2.15. The third kappa shape index (κ3) is 4.43. The molecule has 1 N–H and O–H groups in total. The number of allylic oxidation sites excluding steroid dienone is 1. The van der Waals surface area contributed by atoms with Crippen LogP contribution in [0.1, 0.15) is 18.9 Å². The number of hydrogen-bond donors (Lipinski definition) is 1. The largest absolute Gasteiger partial charge is 0.481 e. The van der Waals surface area contributed by atoms with Gasteiger partial charge in [-0.25, -0.2) is 0 Å². The molecular weight excluding hydrogens is 270 g/mol. The third-order valence-corrected chi connectivity index (χ3v) is 3.42. The van der Waals surface area contributed by atoms with E-state index in [1.54, 1.807) is 11.0 Å². The molecule has 0 saturated carbocycles. The van der Waals surface area contributed by atoms with Crippen LogP contribution in [-0.4, -0.2) is 47.7 Å². The number of carboxylic acid groups (broad SMARTS) is 1. The molecule has 5 heteroatoms. The summed E-state index contributed by atoms with van der Waals surface area (Å²) >= 11 is 0. The first-order chi connectivity index (χ1) is 10.1. The van der Waals surface area contributed by atoms with Gasteiger partial charge in [0.25, 0.3) is 0 Å². The van der Waals surface area contributed by atoms with Crippen molar-refractivity contribution in [2.75, 3.05) is 19.7 Å². The number of hydrogen-bond acceptors (Lipinski definition) is 3. The number of ether oxygens (including phenoxy) is 1. The lowest BCUT2D eigenvalue weighted by Gasteiger charge is -2.31. The average Bonchev–Trinajstić information content (AvgIpc) is 2.47. The van der Waals surface area contributed by atoms with E-state index in [0.29, 0.717) is 19.7 Å². The monoisotopic (exact) mass is 289 g/mol. The van der Waals surface area contributed by atoms with E-state index in [2.05, 4.69) is 0 Å². The first kappa shape index (κ1) is 15.3. The van der Waals surface area contributed by atoms with Crippen LogP contribution in [0.3, 0.4) is 0 Å². The van der Waals surface area contributed by atoms with E-state index >= 15 is 0 Å². The minimum Gasteiger partial charge on any atom is -0.481 e. The molecule has 0 radical (unpaired) electrons. The van der Waals surface area contributed by atoms with Gasteiger partial charge in [0.15, 0.2) is 0 Å². The van der Waals surface area contributed by atoms with Crippen molar-refractivity contribution in [3.63, 3.8) is 0 Å². The minimum atomic E-state index is -0.912. The minimum absolute atomic E-state index is 0.0782. The molecule has 1 aliphatic heterocycles. The van der Waals surface area contributed by atoms with Crippen LogP contribution in [0.5, 0.6) is 0 Å². The summed E-state index contributed by atoms with van der Waals surface area (Å²) in [5, 5.41) is 8.79. The molecule has 1 amide bonds. The van der Waals surface area contributed by atoms with E-state index in [-0.39, 0.29) is 12.3 Å². The summed E-state index contributed by atoms with van der Waals surface area (Å²) in [5.41, 5.74) is 1.89. The highest BCUT2D eigenvalue weighted by Gasteiger charge is 2.25. The number of morpholine rings is 1. The van der Waals surface area contributed by atoms with E-state index in [1.807, 2.05) is 37.3 Å². The predicted octanol–water partition coefficient (Wildman–Crippen LogP) is 1.79. The summed E-state index contributed by atoms with van der Waals surface area (Å²) in [4.78, 5) is 24.6. The van der Waals surface area contributed by atoms with Crippen LogP contribution < -0.4 is 0 Å². The highest BCUT2D eigenvalue weighted by molar-refractivity contribution is 5.95. The van der Waals surface area contributed by atoms with Crippen molar-refractivity contribution < 1.29 is 19.4 Å². The molecule has 1 saturated heterocycles. The molecule has 1 unspecified atom stereocenters. The molecule has 0 aromatic heterocycles. The lowest BCUT2D eigenvalue weighted by atomic mass is 10.1. The van der Waals surface area contributed by atoms with Crippen LogP contribution >= 0.6 is 0 Å². The number of rotatable bonds is 4. The van der Waals surface area contributed by atoms with Crippen LogP contribution in [-0.2, 0) is 14.3 Å². The van der Waals surface area contributed by atoms with E-state index < -0.39 is 12.1 Å². The summed E-state index contributed by atoms with van der Waals surface area (Å²) in [6.45, 7) is 3.08. The second-order valence-electron chi connectivity index (χ2n) is 5.07. The van der Waals surface area contributed by atoms with Crippen LogP contribution in [0.2, 0.25) is 0 Å². The molecule has 112 valence electrons. The smallest absolute Gasteiger partial charge is 0.306 e. The number of carboxylic acids is 1. The molecule has 1 heterocycles. The van der Waals surface area contributed by atoms with Crippen LogP contribution in [0, 0.1) is 0 Å². The third-order valence-electron chi connectivity index (χ3n) is 3.42. The van der Waals surface area contributed by atoms with Gasteiger partial charge in [0.2, 0.25) is 5.91 Å². The summed E-state index contributed by atoms with van der Waals surface area (Å²) in [7, 11) is 0. The van der Waals surface area contributed by atoms with Crippen molar-refractivity contribution in [2.45, 2.75) is 19.4 Å². The van der Waals surface area contributed by atoms with Crippen molar-refractivity contribution >= 4 is 17.4 Å². The Morgan fingerprint density at radius 1 is 1.38 bits per heavy atom. The fraction of sp³-hybridized carbons (Fsp3) is 0.375. The maximum atomic E-state index is 12.3. The molecule has 21 heavy (non-hydrogen) atoms.